The van der Waals surface area contributed by atoms with Crippen molar-refractivity contribution in [1.82, 2.24) is 15.1 Å². The summed E-state index contributed by atoms with van der Waals surface area (Å²) in [6.07, 6.45) is 1.54. The van der Waals surface area contributed by atoms with E-state index in [1.165, 1.54) is 4.90 Å². The summed E-state index contributed by atoms with van der Waals surface area (Å²) in [5.41, 5.74) is 3.82. The number of carbonyl (C=O) groups is 3. The maximum atomic E-state index is 13.3. The average molecular weight is 480 g/mol. The molecule has 186 valence electrons. The van der Waals surface area contributed by atoms with E-state index in [9.17, 15) is 19.5 Å². The van der Waals surface area contributed by atoms with Gasteiger partial charge >= 0.3 is 12.1 Å². The summed E-state index contributed by atoms with van der Waals surface area (Å²) in [6.45, 7) is 0.883. The normalized spacial score (nSPS) is 15.6. The largest absolute Gasteiger partial charge is 0.480 e. The van der Waals surface area contributed by atoms with Crippen molar-refractivity contribution >= 4 is 18.0 Å². The molecule has 35 heavy (non-hydrogen) atoms. The van der Waals surface area contributed by atoms with Gasteiger partial charge in [0.05, 0.1) is 5.41 Å². The molecule has 0 aliphatic heterocycles. The molecule has 2 aromatic carbocycles. The fourth-order valence-corrected chi connectivity index (χ4v) is 5.03. The lowest BCUT2D eigenvalue weighted by atomic mass is 9.67. The number of carboxylic acids is 1. The molecular weight excluding hydrogens is 446 g/mol. The number of ether oxygens (including phenoxy) is 1. The quantitative estimate of drug-likeness (QED) is 0.543. The Morgan fingerprint density at radius 3 is 2.11 bits per heavy atom. The van der Waals surface area contributed by atoms with Gasteiger partial charge in [0.2, 0.25) is 5.91 Å². The molecule has 2 aromatic rings. The molecule has 0 heterocycles. The first kappa shape index (κ1) is 24.7. The number of alkyl carbamates (subject to hydrolysis) is 1. The highest BCUT2D eigenvalue weighted by Crippen LogP contribution is 2.45. The van der Waals surface area contributed by atoms with Crippen LogP contribution in [0.25, 0.3) is 11.1 Å². The fourth-order valence-electron chi connectivity index (χ4n) is 5.03. The lowest BCUT2D eigenvalue weighted by Gasteiger charge is -2.43. The van der Waals surface area contributed by atoms with E-state index >= 15 is 0 Å². The Kier molecular flexibility index (Phi) is 7.40. The van der Waals surface area contributed by atoms with Crippen molar-refractivity contribution in [2.24, 2.45) is 5.41 Å². The topological polar surface area (TPSA) is 99.2 Å². The van der Waals surface area contributed by atoms with Gasteiger partial charge in [-0.2, -0.15) is 0 Å². The summed E-state index contributed by atoms with van der Waals surface area (Å²) >= 11 is 0. The van der Waals surface area contributed by atoms with E-state index in [0.29, 0.717) is 25.9 Å². The molecule has 8 heteroatoms. The van der Waals surface area contributed by atoms with Gasteiger partial charge in [0.15, 0.2) is 0 Å². The third-order valence-corrected chi connectivity index (χ3v) is 7.11. The van der Waals surface area contributed by atoms with E-state index in [1.54, 1.807) is 0 Å². The van der Waals surface area contributed by atoms with E-state index in [-0.39, 0.29) is 31.5 Å². The molecule has 0 radical (unpaired) electrons. The molecule has 2 amide bonds. The van der Waals surface area contributed by atoms with Crippen LogP contribution in [-0.4, -0.2) is 79.8 Å². The zero-order chi connectivity index (χ0) is 25.0. The van der Waals surface area contributed by atoms with E-state index < -0.39 is 17.5 Å². The summed E-state index contributed by atoms with van der Waals surface area (Å²) in [6, 6.07) is 16.3. The van der Waals surface area contributed by atoms with E-state index in [1.807, 2.05) is 43.3 Å². The van der Waals surface area contributed by atoms with Gasteiger partial charge in [-0.15, -0.1) is 0 Å². The van der Waals surface area contributed by atoms with Gasteiger partial charge in [-0.3, -0.25) is 9.59 Å². The van der Waals surface area contributed by atoms with Crippen LogP contribution in [0.2, 0.25) is 0 Å². The molecule has 0 spiro atoms. The van der Waals surface area contributed by atoms with Gasteiger partial charge in [-0.1, -0.05) is 55.0 Å². The minimum absolute atomic E-state index is 0.0375. The maximum Gasteiger partial charge on any atom is 0.407 e. The van der Waals surface area contributed by atoms with Gasteiger partial charge in [0.25, 0.3) is 0 Å². The molecule has 2 aliphatic rings. The van der Waals surface area contributed by atoms with Crippen LogP contribution in [0.1, 0.15) is 36.3 Å². The highest BCUT2D eigenvalue weighted by molar-refractivity contribution is 5.87. The van der Waals surface area contributed by atoms with Crippen LogP contribution in [0.3, 0.4) is 0 Å². The summed E-state index contributed by atoms with van der Waals surface area (Å²) in [5.74, 6) is -1.30. The average Bonchev–Trinajstić information content (AvgIpc) is 3.13. The smallest absolute Gasteiger partial charge is 0.407 e. The van der Waals surface area contributed by atoms with Gasteiger partial charge in [0, 0.05) is 25.6 Å². The van der Waals surface area contributed by atoms with Crippen molar-refractivity contribution in [3.05, 3.63) is 59.7 Å². The summed E-state index contributed by atoms with van der Waals surface area (Å²) in [7, 11) is 3.75. The van der Waals surface area contributed by atoms with E-state index in [4.69, 9.17) is 4.74 Å². The zero-order valence-corrected chi connectivity index (χ0v) is 20.3. The standard InChI is InChI=1S/C27H33N3O5/c1-29(2)14-15-30(16-24(31)32)25(33)27(12-7-13-27)18-28-26(34)35-17-23-21-10-5-3-8-19(21)20-9-4-6-11-22(20)23/h3-6,8-11,23H,7,12-18H2,1-2H3,(H,28,34)(H,31,32). The van der Waals surface area contributed by atoms with Crippen LogP contribution >= 0.6 is 0 Å². The van der Waals surface area contributed by atoms with Gasteiger partial charge in [-0.25, -0.2) is 4.79 Å². The third-order valence-electron chi connectivity index (χ3n) is 7.11. The number of amides is 2. The number of nitrogens with zero attached hydrogens (tertiary/aromatic N) is 2. The number of rotatable bonds is 10. The summed E-state index contributed by atoms with van der Waals surface area (Å²) in [4.78, 5) is 40.6. The SMILES string of the molecule is CN(C)CCN(CC(=O)O)C(=O)C1(CNC(=O)OCC2c3ccccc3-c3ccccc32)CCC1. The van der Waals surface area contributed by atoms with Crippen LogP contribution in [0.4, 0.5) is 4.79 Å². The second-order valence-electron chi connectivity index (χ2n) is 9.74. The maximum absolute atomic E-state index is 13.3. The van der Waals surface area contributed by atoms with Crippen molar-refractivity contribution in [2.75, 3.05) is 46.9 Å². The van der Waals surface area contributed by atoms with Crippen molar-refractivity contribution in [1.29, 1.82) is 0 Å². The van der Waals surface area contributed by atoms with Gasteiger partial charge in [0.1, 0.15) is 13.2 Å². The van der Waals surface area contributed by atoms with Crippen molar-refractivity contribution in [2.45, 2.75) is 25.2 Å². The zero-order valence-electron chi connectivity index (χ0n) is 20.3. The number of nitrogens with one attached hydrogen (secondary N) is 1. The molecule has 2 aliphatic carbocycles. The monoisotopic (exact) mass is 479 g/mol. The number of carboxylic acid groups (broad SMARTS) is 1. The van der Waals surface area contributed by atoms with Crippen LogP contribution < -0.4 is 5.32 Å². The Morgan fingerprint density at radius 1 is 1.00 bits per heavy atom. The van der Waals surface area contributed by atoms with Gasteiger partial charge in [-0.05, 0) is 49.2 Å². The van der Waals surface area contributed by atoms with Crippen LogP contribution in [0.5, 0.6) is 0 Å². The van der Waals surface area contributed by atoms with Gasteiger partial charge < -0.3 is 25.0 Å². The Morgan fingerprint density at radius 2 is 1.60 bits per heavy atom. The van der Waals surface area contributed by atoms with E-state index in [2.05, 4.69) is 29.6 Å². The lowest BCUT2D eigenvalue weighted by Crippen LogP contribution is -2.55. The number of fused-ring (bicyclic) bond motifs is 3. The second kappa shape index (κ2) is 10.5. The molecule has 0 aromatic heterocycles. The molecular formula is C27H33N3O5. The number of benzene rings is 2. The Bertz CT molecular complexity index is 1050. The molecule has 1 saturated carbocycles. The first-order valence-electron chi connectivity index (χ1n) is 12.1. The molecule has 0 unspecified atom stereocenters. The van der Waals surface area contributed by atoms with Crippen molar-refractivity contribution < 1.29 is 24.2 Å². The molecule has 2 N–H and O–H groups in total. The highest BCUT2D eigenvalue weighted by Gasteiger charge is 2.47. The fraction of sp³-hybridized carbons (Fsp3) is 0.444. The first-order valence-corrected chi connectivity index (χ1v) is 12.1. The molecule has 4 rings (SSSR count). The summed E-state index contributed by atoms with van der Waals surface area (Å²) < 4.78 is 5.61. The predicted octanol–water partition coefficient (Wildman–Crippen LogP) is 3.17. The number of aliphatic carboxylic acids is 1. The van der Waals surface area contributed by atoms with Crippen LogP contribution in [0, 0.1) is 5.41 Å². The molecule has 0 bridgehead atoms. The molecule has 1 fully saturated rings. The molecule has 0 saturated heterocycles. The van der Waals surface area contributed by atoms with Crippen molar-refractivity contribution in [3.63, 3.8) is 0 Å². The Labute approximate surface area is 205 Å². The minimum atomic E-state index is -1.05. The van der Waals surface area contributed by atoms with Crippen molar-refractivity contribution in [3.8, 4) is 11.1 Å². The summed E-state index contributed by atoms with van der Waals surface area (Å²) in [5, 5.41) is 12.1. The van der Waals surface area contributed by atoms with Crippen LogP contribution in [-0.2, 0) is 14.3 Å². The number of likely N-dealkylation sites (N-methyl/N-ethyl adjacent to an activating group) is 1. The second-order valence-corrected chi connectivity index (χ2v) is 9.74. The predicted molar refractivity (Wildman–Crippen MR) is 132 cm³/mol. The number of hydrogen-bond donors (Lipinski definition) is 2. The van der Waals surface area contributed by atoms with E-state index in [0.717, 1.165) is 28.7 Å². The first-order chi connectivity index (χ1) is 16.8. The number of hydrogen-bond acceptors (Lipinski definition) is 5. The van der Waals surface area contributed by atoms with Crippen LogP contribution in [0.15, 0.2) is 48.5 Å². The molecule has 0 atom stereocenters. The Hall–Kier alpha value is -3.39. The highest BCUT2D eigenvalue weighted by atomic mass is 16.5. The lowest BCUT2D eigenvalue weighted by molar-refractivity contribution is -0.153. The third kappa shape index (κ3) is 5.32. The number of carbonyl (C=O) groups excluding carboxylic acids is 2. The minimum Gasteiger partial charge on any atom is -0.480 e. The molecule has 8 nitrogen and oxygen atoms in total. The Balaban J connectivity index is 1.37.